The first-order valence-corrected chi connectivity index (χ1v) is 14.3. The Morgan fingerprint density at radius 3 is 2.59 bits per heavy atom. The Labute approximate surface area is 203 Å². The zero-order chi connectivity index (χ0) is 23.1. The van der Waals surface area contributed by atoms with Gasteiger partial charge in [-0.1, -0.05) is 65.5 Å². The number of rotatable bonds is 7. The molecule has 182 valence electrons. The van der Waals surface area contributed by atoms with Gasteiger partial charge < -0.3 is 4.74 Å². The van der Waals surface area contributed by atoms with Crippen molar-refractivity contribution < 1.29 is 9.53 Å². The van der Waals surface area contributed by atoms with Crippen LogP contribution in [0.5, 0.6) is 0 Å². The Balaban J connectivity index is 1.45. The Hall–Kier alpha value is -0.440. The van der Waals surface area contributed by atoms with Crippen molar-refractivity contribution in [3.63, 3.8) is 0 Å². The number of ether oxygens (including phenoxy) is 1. The summed E-state index contributed by atoms with van der Waals surface area (Å²) >= 11 is 4.09. The second kappa shape index (κ2) is 9.67. The van der Waals surface area contributed by atoms with Crippen LogP contribution in [-0.2, 0) is 9.53 Å². The van der Waals surface area contributed by atoms with Gasteiger partial charge in [-0.3, -0.25) is 4.79 Å². The van der Waals surface area contributed by atoms with Crippen LogP contribution in [0.3, 0.4) is 0 Å². The lowest BCUT2D eigenvalue weighted by Gasteiger charge is -2.58. The average Bonchev–Trinajstić information content (AvgIpc) is 3.11. The van der Waals surface area contributed by atoms with Gasteiger partial charge in [0, 0.05) is 6.42 Å². The highest BCUT2D eigenvalue weighted by molar-refractivity contribution is 7.81. The van der Waals surface area contributed by atoms with Gasteiger partial charge in [-0.05, 0) is 91.3 Å². The summed E-state index contributed by atoms with van der Waals surface area (Å²) in [5.74, 6) is 5.28. The summed E-state index contributed by atoms with van der Waals surface area (Å²) in [6.45, 7) is 12.5. The highest BCUT2D eigenvalue weighted by Gasteiger charge is 2.59. The number of carbonyl (C=O) groups is 1. The van der Waals surface area contributed by atoms with E-state index in [0.29, 0.717) is 10.8 Å². The standard InChI is InChI=1S/C29H48O2S/c1-19(2)7-6-8-20(3)24-11-12-25-23-10-9-21-17-22(31-27(30)18-32)13-15-28(21,4)26(23)14-16-29(24,25)5/h9,19-20,22-26,32H,6-8,10-18H2,1-5H3/t20-,22?,23+,24-,25+,26+,28+,29-/m1/s1. The molecule has 0 aromatic rings. The third-order valence-electron chi connectivity index (χ3n) is 10.7. The van der Waals surface area contributed by atoms with E-state index in [2.05, 4.69) is 53.3 Å². The Morgan fingerprint density at radius 2 is 1.88 bits per heavy atom. The van der Waals surface area contributed by atoms with Crippen molar-refractivity contribution in [2.24, 2.45) is 46.3 Å². The predicted octanol–water partition coefficient (Wildman–Crippen LogP) is 7.87. The van der Waals surface area contributed by atoms with E-state index in [4.69, 9.17) is 4.74 Å². The van der Waals surface area contributed by atoms with Gasteiger partial charge in [0.05, 0.1) is 5.75 Å². The van der Waals surface area contributed by atoms with E-state index in [1.54, 1.807) is 5.57 Å². The van der Waals surface area contributed by atoms with Crippen LogP contribution in [0.15, 0.2) is 11.6 Å². The number of esters is 1. The number of carbonyl (C=O) groups excluding carboxylic acids is 1. The zero-order valence-electron chi connectivity index (χ0n) is 21.4. The molecular formula is C29H48O2S. The molecule has 0 spiro atoms. The highest BCUT2D eigenvalue weighted by atomic mass is 32.1. The molecule has 4 aliphatic rings. The van der Waals surface area contributed by atoms with Crippen molar-refractivity contribution in [2.75, 3.05) is 5.75 Å². The van der Waals surface area contributed by atoms with Crippen LogP contribution in [0, 0.1) is 46.3 Å². The second-order valence-electron chi connectivity index (χ2n) is 12.8. The quantitative estimate of drug-likeness (QED) is 0.238. The summed E-state index contributed by atoms with van der Waals surface area (Å²) in [6.07, 6.45) is 17.1. The van der Waals surface area contributed by atoms with Crippen molar-refractivity contribution in [2.45, 2.75) is 111 Å². The van der Waals surface area contributed by atoms with Crippen LogP contribution in [-0.4, -0.2) is 17.8 Å². The minimum atomic E-state index is -0.163. The summed E-state index contributed by atoms with van der Waals surface area (Å²) < 4.78 is 5.69. The molecular weight excluding hydrogens is 412 g/mol. The maximum atomic E-state index is 11.8. The number of hydrogen-bond acceptors (Lipinski definition) is 3. The van der Waals surface area contributed by atoms with E-state index in [1.807, 2.05) is 0 Å². The third kappa shape index (κ3) is 4.46. The van der Waals surface area contributed by atoms with E-state index in [0.717, 1.165) is 48.3 Å². The van der Waals surface area contributed by atoms with E-state index < -0.39 is 0 Å². The van der Waals surface area contributed by atoms with Crippen LogP contribution in [0.2, 0.25) is 0 Å². The van der Waals surface area contributed by atoms with Crippen molar-refractivity contribution in [3.05, 3.63) is 11.6 Å². The van der Waals surface area contributed by atoms with Crippen molar-refractivity contribution in [3.8, 4) is 0 Å². The second-order valence-corrected chi connectivity index (χ2v) is 13.1. The normalized spacial score (nSPS) is 42.0. The Kier molecular flexibility index (Phi) is 7.45. The number of allylic oxidation sites excluding steroid dienone is 1. The van der Waals surface area contributed by atoms with E-state index in [9.17, 15) is 4.79 Å². The lowest BCUT2D eigenvalue weighted by Crippen LogP contribution is -2.51. The fraction of sp³-hybridized carbons (Fsp3) is 0.897. The van der Waals surface area contributed by atoms with Crippen LogP contribution in [0.1, 0.15) is 105 Å². The number of fused-ring (bicyclic) bond motifs is 5. The van der Waals surface area contributed by atoms with Crippen LogP contribution < -0.4 is 0 Å². The molecule has 4 aliphatic carbocycles. The first-order chi connectivity index (χ1) is 15.2. The molecule has 0 amide bonds. The van der Waals surface area contributed by atoms with Crippen molar-refractivity contribution >= 4 is 18.6 Å². The molecule has 32 heavy (non-hydrogen) atoms. The van der Waals surface area contributed by atoms with Gasteiger partial charge in [0.15, 0.2) is 0 Å². The molecule has 3 heteroatoms. The summed E-state index contributed by atoms with van der Waals surface area (Å²) in [4.78, 5) is 11.8. The van der Waals surface area contributed by atoms with Crippen molar-refractivity contribution in [1.82, 2.24) is 0 Å². The van der Waals surface area contributed by atoms with Gasteiger partial charge in [-0.2, -0.15) is 12.6 Å². The smallest absolute Gasteiger partial charge is 0.315 e. The van der Waals surface area contributed by atoms with E-state index in [1.165, 1.54) is 57.8 Å². The molecule has 0 radical (unpaired) electrons. The fourth-order valence-electron chi connectivity index (χ4n) is 8.98. The predicted molar refractivity (Wildman–Crippen MR) is 137 cm³/mol. The van der Waals surface area contributed by atoms with Crippen LogP contribution >= 0.6 is 12.6 Å². The molecule has 0 bridgehead atoms. The van der Waals surface area contributed by atoms with Gasteiger partial charge in [-0.15, -0.1) is 0 Å². The fourth-order valence-corrected chi connectivity index (χ4v) is 9.05. The van der Waals surface area contributed by atoms with E-state index >= 15 is 0 Å². The first-order valence-electron chi connectivity index (χ1n) is 13.7. The maximum absolute atomic E-state index is 11.8. The molecule has 1 unspecified atom stereocenters. The highest BCUT2D eigenvalue weighted by Crippen LogP contribution is 2.67. The zero-order valence-corrected chi connectivity index (χ0v) is 22.3. The molecule has 3 fully saturated rings. The molecule has 0 saturated heterocycles. The van der Waals surface area contributed by atoms with Gasteiger partial charge in [0.2, 0.25) is 0 Å². The van der Waals surface area contributed by atoms with Gasteiger partial charge in [0.25, 0.3) is 0 Å². The topological polar surface area (TPSA) is 26.3 Å². The maximum Gasteiger partial charge on any atom is 0.315 e. The summed E-state index contributed by atoms with van der Waals surface area (Å²) in [7, 11) is 0. The van der Waals surface area contributed by atoms with Gasteiger partial charge in [-0.25, -0.2) is 0 Å². The van der Waals surface area contributed by atoms with Gasteiger partial charge in [0.1, 0.15) is 6.10 Å². The SMILES string of the molecule is CC(C)CCC[C@@H](C)[C@H]1CC[C@H]2[C@@H]3CC=C4CC(OC(=O)CS)CC[C@]4(C)[C@H]3CC[C@]12C. The largest absolute Gasteiger partial charge is 0.461 e. The molecule has 2 nitrogen and oxygen atoms in total. The summed E-state index contributed by atoms with van der Waals surface area (Å²) in [5, 5.41) is 0. The molecule has 8 atom stereocenters. The molecule has 0 aliphatic heterocycles. The molecule has 4 rings (SSSR count). The van der Waals surface area contributed by atoms with E-state index in [-0.39, 0.29) is 17.8 Å². The number of hydrogen-bond donors (Lipinski definition) is 1. The van der Waals surface area contributed by atoms with Crippen molar-refractivity contribution in [1.29, 1.82) is 0 Å². The molecule has 0 heterocycles. The van der Waals surface area contributed by atoms with Gasteiger partial charge >= 0.3 is 5.97 Å². The Bertz CT molecular complexity index is 714. The minimum Gasteiger partial charge on any atom is -0.461 e. The molecule has 0 aromatic carbocycles. The monoisotopic (exact) mass is 460 g/mol. The molecule has 3 saturated carbocycles. The molecule has 0 N–H and O–H groups in total. The average molecular weight is 461 g/mol. The molecule has 0 aromatic heterocycles. The van der Waals surface area contributed by atoms with Crippen LogP contribution in [0.25, 0.3) is 0 Å². The lowest BCUT2D eigenvalue weighted by atomic mass is 9.47. The third-order valence-corrected chi connectivity index (χ3v) is 10.9. The minimum absolute atomic E-state index is 0.0712. The lowest BCUT2D eigenvalue weighted by molar-refractivity contribution is -0.148. The summed E-state index contributed by atoms with van der Waals surface area (Å²) in [5.41, 5.74) is 2.48. The number of thiol groups is 1. The Morgan fingerprint density at radius 1 is 1.09 bits per heavy atom. The van der Waals surface area contributed by atoms with Crippen LogP contribution in [0.4, 0.5) is 0 Å². The summed E-state index contributed by atoms with van der Waals surface area (Å²) in [6, 6.07) is 0. The first kappa shape index (κ1) is 24.7.